The van der Waals surface area contributed by atoms with Crippen molar-refractivity contribution in [2.75, 3.05) is 0 Å². The van der Waals surface area contributed by atoms with Gasteiger partial charge in [0.25, 0.3) is 0 Å². The van der Waals surface area contributed by atoms with E-state index in [9.17, 15) is 0 Å². The molecule has 2 aliphatic carbocycles. The summed E-state index contributed by atoms with van der Waals surface area (Å²) in [6.45, 7) is 0.926. The van der Waals surface area contributed by atoms with Crippen molar-refractivity contribution in [3.63, 3.8) is 0 Å². The minimum Gasteiger partial charge on any atom is -0.308 e. The Labute approximate surface area is 107 Å². The molecule has 0 aliphatic heterocycles. The molecule has 0 aromatic carbocycles. The van der Waals surface area contributed by atoms with Crippen LogP contribution < -0.4 is 5.32 Å². The lowest BCUT2D eigenvalue weighted by Crippen LogP contribution is -2.14. The third-order valence-electron chi connectivity index (χ3n) is 3.81. The lowest BCUT2D eigenvalue weighted by Gasteiger charge is -2.08. The molecule has 1 aromatic rings. The highest BCUT2D eigenvalue weighted by Crippen LogP contribution is 2.33. The van der Waals surface area contributed by atoms with Crippen LogP contribution >= 0.6 is 11.3 Å². The van der Waals surface area contributed by atoms with Gasteiger partial charge in [-0.15, -0.1) is 10.2 Å². The molecule has 0 amide bonds. The van der Waals surface area contributed by atoms with E-state index >= 15 is 0 Å². The second kappa shape index (κ2) is 5.44. The first-order chi connectivity index (χ1) is 8.42. The standard InChI is InChI=1S/C13H21N3S/c1-2-4-6-10(5-3-1)13-16-15-12(17-13)9-14-11-7-8-11/h10-11,14H,1-9H2. The first kappa shape index (κ1) is 11.6. The molecule has 0 radical (unpaired) electrons. The van der Waals surface area contributed by atoms with E-state index < -0.39 is 0 Å². The van der Waals surface area contributed by atoms with Crippen LogP contribution in [-0.2, 0) is 6.54 Å². The van der Waals surface area contributed by atoms with Gasteiger partial charge in [0.1, 0.15) is 10.0 Å². The van der Waals surface area contributed by atoms with Crippen molar-refractivity contribution < 1.29 is 0 Å². The minimum absolute atomic E-state index is 0.699. The Morgan fingerprint density at radius 1 is 1.00 bits per heavy atom. The molecule has 0 spiro atoms. The maximum Gasteiger partial charge on any atom is 0.131 e. The van der Waals surface area contributed by atoms with Crippen LogP contribution in [0, 0.1) is 0 Å². The Bertz CT molecular complexity index is 351. The third kappa shape index (κ3) is 3.26. The summed E-state index contributed by atoms with van der Waals surface area (Å²) in [6.07, 6.45) is 10.9. The van der Waals surface area contributed by atoms with Crippen LogP contribution in [0.5, 0.6) is 0 Å². The van der Waals surface area contributed by atoms with E-state index in [1.165, 1.54) is 61.4 Å². The molecule has 3 rings (SSSR count). The van der Waals surface area contributed by atoms with Gasteiger partial charge in [-0.1, -0.05) is 37.0 Å². The minimum atomic E-state index is 0.699. The molecule has 4 heteroatoms. The molecular formula is C13H21N3S. The average Bonchev–Trinajstić information content (AvgIpc) is 3.12. The van der Waals surface area contributed by atoms with Crippen LogP contribution in [0.3, 0.4) is 0 Å². The SMILES string of the molecule is C1CCCC(c2nnc(CNC3CC3)s2)CC1. The summed E-state index contributed by atoms with van der Waals surface area (Å²) >= 11 is 1.83. The molecule has 0 unspecified atom stereocenters. The second-order valence-electron chi connectivity index (χ2n) is 5.38. The van der Waals surface area contributed by atoms with Gasteiger partial charge in [0, 0.05) is 18.5 Å². The highest BCUT2D eigenvalue weighted by atomic mass is 32.1. The van der Waals surface area contributed by atoms with Crippen LogP contribution in [0.4, 0.5) is 0 Å². The fourth-order valence-corrected chi connectivity index (χ4v) is 3.51. The Morgan fingerprint density at radius 2 is 1.76 bits per heavy atom. The van der Waals surface area contributed by atoms with Gasteiger partial charge in [0.2, 0.25) is 0 Å². The van der Waals surface area contributed by atoms with E-state index in [1.54, 1.807) is 0 Å². The molecule has 2 saturated carbocycles. The zero-order valence-electron chi connectivity index (χ0n) is 10.3. The van der Waals surface area contributed by atoms with E-state index in [2.05, 4.69) is 15.5 Å². The normalized spacial score (nSPS) is 22.6. The van der Waals surface area contributed by atoms with Crippen LogP contribution in [0.15, 0.2) is 0 Å². The average molecular weight is 251 g/mol. The van der Waals surface area contributed by atoms with Crippen molar-refractivity contribution in [3.8, 4) is 0 Å². The van der Waals surface area contributed by atoms with Crippen molar-refractivity contribution in [1.29, 1.82) is 0 Å². The summed E-state index contributed by atoms with van der Waals surface area (Å²) in [5, 5.41) is 14.7. The third-order valence-corrected chi connectivity index (χ3v) is 4.89. The van der Waals surface area contributed by atoms with Crippen molar-refractivity contribution in [3.05, 3.63) is 10.0 Å². The predicted molar refractivity (Wildman–Crippen MR) is 70.2 cm³/mol. The Hall–Kier alpha value is -0.480. The summed E-state index contributed by atoms with van der Waals surface area (Å²) in [7, 11) is 0. The zero-order valence-corrected chi connectivity index (χ0v) is 11.1. The number of hydrogen-bond acceptors (Lipinski definition) is 4. The summed E-state index contributed by atoms with van der Waals surface area (Å²) in [4.78, 5) is 0. The maximum absolute atomic E-state index is 4.41. The van der Waals surface area contributed by atoms with Gasteiger partial charge >= 0.3 is 0 Å². The number of nitrogens with zero attached hydrogens (tertiary/aromatic N) is 2. The van der Waals surface area contributed by atoms with Gasteiger partial charge in [0.15, 0.2) is 0 Å². The summed E-state index contributed by atoms with van der Waals surface area (Å²) < 4.78 is 0. The molecule has 1 heterocycles. The van der Waals surface area contributed by atoms with E-state index in [0.717, 1.165) is 12.6 Å². The Kier molecular flexibility index (Phi) is 3.71. The highest BCUT2D eigenvalue weighted by Gasteiger charge is 2.22. The quantitative estimate of drug-likeness (QED) is 0.835. The maximum atomic E-state index is 4.41. The molecule has 2 fully saturated rings. The number of hydrogen-bond donors (Lipinski definition) is 1. The molecule has 3 nitrogen and oxygen atoms in total. The lowest BCUT2D eigenvalue weighted by molar-refractivity contribution is 0.583. The summed E-state index contributed by atoms with van der Waals surface area (Å²) in [5.74, 6) is 0.699. The van der Waals surface area contributed by atoms with Gasteiger partial charge < -0.3 is 5.32 Å². The monoisotopic (exact) mass is 251 g/mol. The number of aromatic nitrogens is 2. The molecule has 17 heavy (non-hydrogen) atoms. The van der Waals surface area contributed by atoms with Crippen LogP contribution in [0.25, 0.3) is 0 Å². The van der Waals surface area contributed by atoms with Gasteiger partial charge in [-0.3, -0.25) is 0 Å². The van der Waals surface area contributed by atoms with Gasteiger partial charge in [-0.05, 0) is 25.7 Å². The van der Waals surface area contributed by atoms with E-state index in [1.807, 2.05) is 11.3 Å². The number of rotatable bonds is 4. The lowest BCUT2D eigenvalue weighted by atomic mass is 10.0. The predicted octanol–water partition coefficient (Wildman–Crippen LogP) is 3.23. The van der Waals surface area contributed by atoms with Gasteiger partial charge in [-0.2, -0.15) is 0 Å². The first-order valence-electron chi connectivity index (χ1n) is 6.97. The Morgan fingerprint density at radius 3 is 2.47 bits per heavy atom. The molecule has 1 N–H and O–H groups in total. The molecule has 0 bridgehead atoms. The molecule has 0 saturated heterocycles. The molecule has 0 atom stereocenters. The topological polar surface area (TPSA) is 37.8 Å². The second-order valence-corrected chi connectivity index (χ2v) is 6.47. The molecule has 2 aliphatic rings. The van der Waals surface area contributed by atoms with Crippen molar-refractivity contribution >= 4 is 11.3 Å². The van der Waals surface area contributed by atoms with Crippen LogP contribution in [-0.4, -0.2) is 16.2 Å². The molecule has 94 valence electrons. The smallest absolute Gasteiger partial charge is 0.131 e. The largest absolute Gasteiger partial charge is 0.308 e. The van der Waals surface area contributed by atoms with E-state index in [0.29, 0.717) is 5.92 Å². The number of nitrogens with one attached hydrogen (secondary N) is 1. The molecule has 1 aromatic heterocycles. The highest BCUT2D eigenvalue weighted by molar-refractivity contribution is 7.11. The summed E-state index contributed by atoms with van der Waals surface area (Å²) in [5.41, 5.74) is 0. The van der Waals surface area contributed by atoms with E-state index in [-0.39, 0.29) is 0 Å². The first-order valence-corrected chi connectivity index (χ1v) is 7.79. The van der Waals surface area contributed by atoms with E-state index in [4.69, 9.17) is 0 Å². The van der Waals surface area contributed by atoms with Gasteiger partial charge in [0.05, 0.1) is 0 Å². The Balaban J connectivity index is 1.57. The van der Waals surface area contributed by atoms with Crippen LogP contribution in [0.1, 0.15) is 67.3 Å². The molecular weight excluding hydrogens is 230 g/mol. The van der Waals surface area contributed by atoms with Crippen molar-refractivity contribution in [1.82, 2.24) is 15.5 Å². The van der Waals surface area contributed by atoms with Gasteiger partial charge in [-0.25, -0.2) is 0 Å². The zero-order chi connectivity index (χ0) is 11.5. The fraction of sp³-hybridized carbons (Fsp3) is 0.846. The van der Waals surface area contributed by atoms with Crippen molar-refractivity contribution in [2.24, 2.45) is 0 Å². The summed E-state index contributed by atoms with van der Waals surface area (Å²) in [6, 6.07) is 0.764. The fourth-order valence-electron chi connectivity index (χ4n) is 2.55. The van der Waals surface area contributed by atoms with Crippen LogP contribution in [0.2, 0.25) is 0 Å². The van der Waals surface area contributed by atoms with Crippen molar-refractivity contribution in [2.45, 2.75) is 69.9 Å².